The molecule has 1 aliphatic heterocycles. The molecular formula is C5H16B6O2. The highest BCUT2D eigenvalue weighted by molar-refractivity contribution is 6.95. The summed E-state index contributed by atoms with van der Waals surface area (Å²) in [5, 5.41) is 18.9. The summed E-state index contributed by atoms with van der Waals surface area (Å²) in [7, 11) is 10.6. The highest BCUT2D eigenvalue weighted by atomic mass is 16.3. The Kier molecular flexibility index (Phi) is 2.54. The molecule has 0 spiro atoms. The van der Waals surface area contributed by atoms with Gasteiger partial charge in [0.05, 0.1) is 39.2 Å². The van der Waals surface area contributed by atoms with Gasteiger partial charge in [-0.05, 0) is 11.7 Å². The molecule has 1 rings (SSSR count). The molecule has 1 heterocycles. The summed E-state index contributed by atoms with van der Waals surface area (Å²) in [6.45, 7) is -0.107. The van der Waals surface area contributed by atoms with Crippen LogP contribution in [0.3, 0.4) is 0 Å². The second kappa shape index (κ2) is 2.90. The van der Waals surface area contributed by atoms with E-state index in [1.54, 1.807) is 0 Å². The monoisotopic (exact) mass is 174 g/mol. The lowest BCUT2D eigenvalue weighted by molar-refractivity contribution is 0.270. The van der Waals surface area contributed by atoms with Crippen molar-refractivity contribution in [3.05, 3.63) is 0 Å². The average molecular weight is 173 g/mol. The predicted octanol–water partition coefficient (Wildman–Crippen LogP) is -5.00. The Balaban J connectivity index is 2.95. The standard InChI is InChI=1S/C5H16B6O2/c6-4(7,8)3(1-2-12)5(9,10)11(3)13/h12-13H,1-2,6-10H2. The molecule has 8 heteroatoms. The van der Waals surface area contributed by atoms with Crippen LogP contribution in [0.5, 0.6) is 0 Å². The van der Waals surface area contributed by atoms with Crippen LogP contribution in [0.4, 0.5) is 0 Å². The van der Waals surface area contributed by atoms with Crippen molar-refractivity contribution in [2.24, 2.45) is 0 Å². The Morgan fingerprint density at radius 3 is 1.69 bits per heavy atom. The fourth-order valence-electron chi connectivity index (χ4n) is 3.21. The van der Waals surface area contributed by atoms with E-state index in [0.29, 0.717) is 6.42 Å². The van der Waals surface area contributed by atoms with Crippen LogP contribution in [-0.4, -0.2) is 62.9 Å². The molecule has 0 aromatic heterocycles. The van der Waals surface area contributed by atoms with Gasteiger partial charge in [-0.2, -0.15) is 0 Å². The van der Waals surface area contributed by atoms with Gasteiger partial charge in [-0.25, -0.2) is 0 Å². The maximum atomic E-state index is 9.96. The third-order valence-corrected chi connectivity index (χ3v) is 4.06. The number of hydrogen-bond donors (Lipinski definition) is 2. The first-order chi connectivity index (χ1) is 5.72. The topological polar surface area (TPSA) is 40.5 Å². The van der Waals surface area contributed by atoms with E-state index in [1.165, 1.54) is 0 Å². The van der Waals surface area contributed by atoms with Gasteiger partial charge in [-0.15, -0.1) is 5.11 Å². The Morgan fingerprint density at radius 1 is 1.23 bits per heavy atom. The minimum atomic E-state index is -0.271. The largest absolute Gasteiger partial charge is 0.451 e. The van der Waals surface area contributed by atoms with Gasteiger partial charge >= 0.3 is 0 Å². The van der Waals surface area contributed by atoms with E-state index in [1.807, 2.05) is 0 Å². The van der Waals surface area contributed by atoms with Crippen LogP contribution in [0.15, 0.2) is 0 Å². The Hall–Kier alpha value is 0.310. The van der Waals surface area contributed by atoms with Crippen LogP contribution in [-0.2, 0) is 0 Å². The lowest BCUT2D eigenvalue weighted by atomic mass is 9.31. The minimum Gasteiger partial charge on any atom is -0.451 e. The molecule has 1 fully saturated rings. The van der Waals surface area contributed by atoms with Crippen LogP contribution in [0.1, 0.15) is 6.42 Å². The number of aliphatic hydroxyl groups excluding tert-OH is 1. The molecule has 1 aliphatic rings. The van der Waals surface area contributed by atoms with Crippen LogP contribution < -0.4 is 0 Å². The molecule has 0 saturated carbocycles. The first-order valence-electron chi connectivity index (χ1n) is 5.01. The smallest absolute Gasteiger partial charge is 0.282 e. The van der Waals surface area contributed by atoms with E-state index in [-0.39, 0.29) is 29.1 Å². The number of rotatable bonds is 3. The Bertz CT molecular complexity index is 201. The number of hydrogen-bond acceptors (Lipinski definition) is 2. The second-order valence-electron chi connectivity index (χ2n) is 5.82. The highest BCUT2D eigenvalue weighted by Crippen LogP contribution is 2.79. The van der Waals surface area contributed by atoms with Gasteiger partial charge in [0.25, 0.3) is 6.92 Å². The SMILES string of the molecule is BC(B)(B)C1(CCO)B(O)C1(B)B. The van der Waals surface area contributed by atoms with Crippen LogP contribution in [0.2, 0.25) is 15.5 Å². The zero-order valence-electron chi connectivity index (χ0n) is 9.39. The summed E-state index contributed by atoms with van der Waals surface area (Å²) >= 11 is 0. The van der Waals surface area contributed by atoms with Crippen LogP contribution in [0, 0.1) is 0 Å². The van der Waals surface area contributed by atoms with E-state index >= 15 is 0 Å². The van der Waals surface area contributed by atoms with Crippen molar-refractivity contribution < 1.29 is 10.1 Å². The second-order valence-corrected chi connectivity index (χ2v) is 5.82. The first-order valence-corrected chi connectivity index (χ1v) is 5.01. The molecule has 1 saturated heterocycles. The van der Waals surface area contributed by atoms with E-state index in [9.17, 15) is 5.02 Å². The van der Waals surface area contributed by atoms with E-state index in [4.69, 9.17) is 5.11 Å². The van der Waals surface area contributed by atoms with E-state index < -0.39 is 0 Å². The lowest BCUT2D eigenvalue weighted by Crippen LogP contribution is -2.27. The summed E-state index contributed by atoms with van der Waals surface area (Å²) in [6, 6.07) is 0. The maximum absolute atomic E-state index is 9.96. The molecule has 1 unspecified atom stereocenters. The van der Waals surface area contributed by atoms with Gasteiger partial charge in [0.2, 0.25) is 0 Å². The van der Waals surface area contributed by atoms with E-state index in [0.717, 1.165) is 0 Å². The third kappa shape index (κ3) is 1.25. The molecule has 66 valence electrons. The number of aliphatic hydroxyl groups is 1. The molecule has 0 aromatic rings. The summed E-state index contributed by atoms with van der Waals surface area (Å²) in [5.74, 6) is 0. The Morgan fingerprint density at radius 2 is 1.62 bits per heavy atom. The van der Waals surface area contributed by atoms with Crippen molar-refractivity contribution >= 4 is 46.1 Å². The Labute approximate surface area is 85.4 Å². The van der Waals surface area contributed by atoms with E-state index in [2.05, 4.69) is 39.2 Å². The van der Waals surface area contributed by atoms with Crippen molar-refractivity contribution in [3.63, 3.8) is 0 Å². The molecule has 2 N–H and O–H groups in total. The van der Waals surface area contributed by atoms with Crippen molar-refractivity contribution in [2.75, 3.05) is 6.61 Å². The summed E-state index contributed by atoms with van der Waals surface area (Å²) in [5.41, 5.74) is 0. The normalized spacial score (nSPS) is 31.7. The first kappa shape index (κ1) is 11.4. The van der Waals surface area contributed by atoms with Gasteiger partial charge in [0, 0.05) is 6.61 Å². The zero-order valence-corrected chi connectivity index (χ0v) is 9.39. The summed E-state index contributed by atoms with van der Waals surface area (Å²) in [6.07, 6.45) is 0.699. The minimum absolute atomic E-state index is 0.0476. The predicted molar refractivity (Wildman–Crippen MR) is 70.5 cm³/mol. The molecule has 0 radical (unpaired) electrons. The molecule has 1 atom stereocenters. The van der Waals surface area contributed by atoms with Crippen molar-refractivity contribution in [1.29, 1.82) is 0 Å². The molecule has 0 aromatic carbocycles. The van der Waals surface area contributed by atoms with Crippen molar-refractivity contribution in [3.8, 4) is 0 Å². The highest BCUT2D eigenvalue weighted by Gasteiger charge is 2.75. The van der Waals surface area contributed by atoms with Crippen LogP contribution >= 0.6 is 0 Å². The van der Waals surface area contributed by atoms with Crippen LogP contribution in [0.25, 0.3) is 0 Å². The summed E-state index contributed by atoms with van der Waals surface area (Å²) in [4.78, 5) is 0. The molecule has 2 nitrogen and oxygen atoms in total. The maximum Gasteiger partial charge on any atom is 0.282 e. The van der Waals surface area contributed by atoms with Gasteiger partial charge < -0.3 is 10.1 Å². The van der Waals surface area contributed by atoms with Gasteiger partial charge in [-0.3, -0.25) is 0 Å². The zero-order chi connectivity index (χ0) is 10.5. The fourth-order valence-corrected chi connectivity index (χ4v) is 3.21. The third-order valence-electron chi connectivity index (χ3n) is 4.06. The molecule has 13 heavy (non-hydrogen) atoms. The fraction of sp³-hybridized carbons (Fsp3) is 1.00. The molecular weight excluding hydrogens is 157 g/mol. The molecule has 0 amide bonds. The lowest BCUT2D eigenvalue weighted by Gasteiger charge is -2.35. The van der Waals surface area contributed by atoms with Crippen molar-refractivity contribution in [2.45, 2.75) is 22.0 Å². The van der Waals surface area contributed by atoms with Gasteiger partial charge in [0.15, 0.2) is 0 Å². The van der Waals surface area contributed by atoms with Gasteiger partial charge in [0.1, 0.15) is 0 Å². The summed E-state index contributed by atoms with van der Waals surface area (Å²) < 4.78 is 0. The van der Waals surface area contributed by atoms with Gasteiger partial charge in [-0.1, -0.05) is 5.11 Å². The molecule has 0 bridgehead atoms. The van der Waals surface area contributed by atoms with Crippen molar-refractivity contribution in [1.82, 2.24) is 0 Å². The average Bonchev–Trinajstić information content (AvgIpc) is 2.34. The molecule has 0 aliphatic carbocycles. The quantitative estimate of drug-likeness (QED) is 0.419.